The Morgan fingerprint density at radius 1 is 1.26 bits per heavy atom. The van der Waals surface area contributed by atoms with Crippen LogP contribution in [-0.4, -0.2) is 23.7 Å². The molecule has 19 heavy (non-hydrogen) atoms. The summed E-state index contributed by atoms with van der Waals surface area (Å²) in [6.45, 7) is 0. The molecule has 0 aliphatic carbocycles. The molecule has 1 aromatic heterocycles. The number of aromatic nitrogens is 2. The van der Waals surface area contributed by atoms with E-state index in [2.05, 4.69) is 9.97 Å². The fourth-order valence-corrected chi connectivity index (χ4v) is 1.96. The molecule has 2 rings (SSSR count). The molecule has 0 spiro atoms. The van der Waals surface area contributed by atoms with Crippen molar-refractivity contribution in [2.75, 3.05) is 5.73 Å². The van der Waals surface area contributed by atoms with E-state index in [0.717, 1.165) is 22.3 Å². The molecule has 6 heteroatoms. The van der Waals surface area contributed by atoms with Gasteiger partial charge >= 0.3 is 0 Å². The largest absolute Gasteiger partial charge is 0.384 e. The van der Waals surface area contributed by atoms with Gasteiger partial charge in [-0.2, -0.15) is 0 Å². The maximum Gasteiger partial charge on any atom is 0.217 e. The fraction of sp³-hybridized carbons (Fsp3) is 0.154. The molecule has 0 saturated carbocycles. The molecule has 4 N–H and O–H groups in total. The van der Waals surface area contributed by atoms with Crippen molar-refractivity contribution in [1.82, 2.24) is 9.97 Å². The number of nitrogens with two attached hydrogens (primary N) is 2. The highest BCUT2D eigenvalue weighted by Gasteiger charge is 2.08. The van der Waals surface area contributed by atoms with Crippen LogP contribution in [-0.2, 0) is 11.2 Å². The van der Waals surface area contributed by atoms with Crippen LogP contribution in [0, 0.1) is 0 Å². The summed E-state index contributed by atoms with van der Waals surface area (Å²) in [6.07, 6.45) is 2.34. The number of amides is 1. The van der Waals surface area contributed by atoms with E-state index in [1.165, 1.54) is 6.33 Å². The first-order valence-electron chi connectivity index (χ1n) is 6.02. The minimum absolute atomic E-state index is 0.311. The molecule has 1 heterocycles. The zero-order valence-electron chi connectivity index (χ0n) is 10.8. The first-order chi connectivity index (χ1) is 9.06. The zero-order chi connectivity index (χ0) is 13.8. The van der Waals surface area contributed by atoms with E-state index in [4.69, 9.17) is 11.5 Å². The van der Waals surface area contributed by atoms with Crippen molar-refractivity contribution in [2.24, 2.45) is 5.73 Å². The Balaban J connectivity index is 2.41. The van der Waals surface area contributed by atoms with Gasteiger partial charge in [-0.25, -0.2) is 9.97 Å². The summed E-state index contributed by atoms with van der Waals surface area (Å²) < 4.78 is 0. The maximum atomic E-state index is 10.9. The van der Waals surface area contributed by atoms with Gasteiger partial charge in [-0.3, -0.25) is 4.79 Å². The van der Waals surface area contributed by atoms with Crippen molar-refractivity contribution in [2.45, 2.75) is 12.8 Å². The highest BCUT2D eigenvalue weighted by Crippen LogP contribution is 2.22. The van der Waals surface area contributed by atoms with Crippen LogP contribution in [0.1, 0.15) is 12.0 Å². The van der Waals surface area contributed by atoms with Crippen LogP contribution in [0.4, 0.5) is 5.82 Å². The second kappa shape index (κ2) is 5.52. The average molecular weight is 254 g/mol. The molecule has 0 bridgehead atoms. The lowest BCUT2D eigenvalue weighted by Crippen LogP contribution is -2.13. The molecule has 1 aromatic carbocycles. The van der Waals surface area contributed by atoms with E-state index in [-0.39, 0.29) is 5.91 Å². The van der Waals surface area contributed by atoms with Crippen LogP contribution in [0.15, 0.2) is 30.6 Å². The summed E-state index contributed by atoms with van der Waals surface area (Å²) in [7, 11) is 2.01. The summed E-state index contributed by atoms with van der Waals surface area (Å²) in [5.41, 5.74) is 14.8. The van der Waals surface area contributed by atoms with Gasteiger partial charge in [-0.15, -0.1) is 0 Å². The summed E-state index contributed by atoms with van der Waals surface area (Å²) >= 11 is 0. The van der Waals surface area contributed by atoms with Crippen LogP contribution in [0.2, 0.25) is 0 Å². The van der Waals surface area contributed by atoms with E-state index in [1.807, 2.05) is 26.0 Å². The number of carbonyl (C=O) groups excluding carboxylic acids is 1. The van der Waals surface area contributed by atoms with Crippen molar-refractivity contribution in [3.8, 4) is 11.3 Å². The highest BCUT2D eigenvalue weighted by molar-refractivity contribution is 6.32. The molecule has 0 saturated heterocycles. The lowest BCUT2D eigenvalue weighted by Gasteiger charge is -2.10. The lowest BCUT2D eigenvalue weighted by molar-refractivity contribution is -0.117. The smallest absolute Gasteiger partial charge is 0.217 e. The third kappa shape index (κ3) is 3.31. The van der Waals surface area contributed by atoms with Crippen molar-refractivity contribution >= 4 is 25.0 Å². The summed E-state index contributed by atoms with van der Waals surface area (Å²) in [5, 5.41) is 0. The Hall–Kier alpha value is -2.37. The number of nitrogen functional groups attached to an aromatic ring is 1. The maximum absolute atomic E-state index is 10.9. The second-order valence-corrected chi connectivity index (χ2v) is 4.46. The number of hydrogen-bond acceptors (Lipinski definition) is 4. The number of nitrogens with zero attached hydrogens (tertiary/aromatic N) is 2. The molecular formula is C13H15BN4O. The second-order valence-electron chi connectivity index (χ2n) is 4.46. The Morgan fingerprint density at radius 2 is 2.05 bits per heavy atom. The van der Waals surface area contributed by atoms with Crippen molar-refractivity contribution < 1.29 is 4.79 Å². The van der Waals surface area contributed by atoms with Crippen molar-refractivity contribution in [3.05, 3.63) is 36.2 Å². The Labute approximate surface area is 112 Å². The third-order valence-corrected chi connectivity index (χ3v) is 2.87. The van der Waals surface area contributed by atoms with Gasteiger partial charge in [0.25, 0.3) is 0 Å². The van der Waals surface area contributed by atoms with E-state index >= 15 is 0 Å². The van der Waals surface area contributed by atoms with Crippen molar-refractivity contribution in [1.29, 1.82) is 0 Å². The van der Waals surface area contributed by atoms with Gasteiger partial charge in [0.1, 0.15) is 20.0 Å². The van der Waals surface area contributed by atoms with Crippen LogP contribution in [0.25, 0.3) is 11.3 Å². The topological polar surface area (TPSA) is 94.9 Å². The number of aryl methyl sites for hydroxylation is 1. The first kappa shape index (κ1) is 13.1. The van der Waals surface area contributed by atoms with Gasteiger partial charge in [0.15, 0.2) is 0 Å². The quantitative estimate of drug-likeness (QED) is 0.712. The molecule has 0 aliphatic rings. The molecule has 96 valence electrons. The van der Waals surface area contributed by atoms with Crippen molar-refractivity contribution in [3.63, 3.8) is 0 Å². The van der Waals surface area contributed by atoms with Gasteiger partial charge in [-0.05, 0) is 12.0 Å². The fourth-order valence-electron chi connectivity index (χ4n) is 1.96. The molecule has 0 radical (unpaired) electrons. The minimum atomic E-state index is -0.311. The van der Waals surface area contributed by atoms with E-state index < -0.39 is 0 Å². The number of carbonyl (C=O) groups is 1. The predicted octanol–water partition coefficient (Wildman–Crippen LogP) is -0.598. The minimum Gasteiger partial charge on any atom is -0.384 e. The average Bonchev–Trinajstić information content (AvgIpc) is 2.36. The Bertz CT molecular complexity index is 615. The first-order valence-corrected chi connectivity index (χ1v) is 6.02. The molecular weight excluding hydrogens is 239 g/mol. The highest BCUT2D eigenvalue weighted by atomic mass is 16.1. The number of anilines is 1. The molecule has 0 aliphatic heterocycles. The molecule has 0 fully saturated rings. The molecule has 5 nitrogen and oxygen atoms in total. The van der Waals surface area contributed by atoms with E-state index in [9.17, 15) is 4.79 Å². The number of primary amides is 1. The molecule has 0 unspecified atom stereocenters. The summed E-state index contributed by atoms with van der Waals surface area (Å²) in [5.74, 6) is 0.112. The van der Waals surface area contributed by atoms with Crippen LogP contribution in [0.5, 0.6) is 0 Å². The van der Waals surface area contributed by atoms with Gasteiger partial charge in [0, 0.05) is 18.1 Å². The number of hydrogen-bond donors (Lipinski definition) is 2. The SMILES string of the molecule is Bc1ccc(-c2cc(N)ncn2)c(CCC(N)=O)c1. The Morgan fingerprint density at radius 3 is 2.74 bits per heavy atom. The predicted molar refractivity (Wildman–Crippen MR) is 77.6 cm³/mol. The third-order valence-electron chi connectivity index (χ3n) is 2.87. The zero-order valence-corrected chi connectivity index (χ0v) is 10.8. The lowest BCUT2D eigenvalue weighted by atomic mass is 9.89. The Kier molecular flexibility index (Phi) is 3.80. The van der Waals surface area contributed by atoms with Gasteiger partial charge in [0.2, 0.25) is 5.91 Å². The van der Waals surface area contributed by atoms with Crippen LogP contribution >= 0.6 is 0 Å². The summed E-state index contributed by atoms with van der Waals surface area (Å²) in [6, 6.07) is 7.74. The number of benzene rings is 1. The van der Waals surface area contributed by atoms with Gasteiger partial charge in [-0.1, -0.05) is 23.7 Å². The molecule has 1 amide bonds. The van der Waals surface area contributed by atoms with Gasteiger partial charge < -0.3 is 11.5 Å². The monoisotopic (exact) mass is 254 g/mol. The number of rotatable bonds is 4. The molecule has 2 aromatic rings. The summed E-state index contributed by atoms with van der Waals surface area (Å²) in [4.78, 5) is 19.0. The standard InChI is InChI=1S/C13H15BN4O/c14-9-2-3-10(8(5-9)1-4-13(16)19)11-6-12(15)18-7-17-11/h2-3,5-7H,1,4,14H2,(H2,16,19)(H2,15,17,18). The van der Waals surface area contributed by atoms with Crippen LogP contribution < -0.4 is 16.9 Å². The normalized spacial score (nSPS) is 10.3. The van der Waals surface area contributed by atoms with Crippen LogP contribution in [0.3, 0.4) is 0 Å². The van der Waals surface area contributed by atoms with Gasteiger partial charge in [0.05, 0.1) is 5.69 Å². The van der Waals surface area contributed by atoms with E-state index in [0.29, 0.717) is 18.7 Å². The molecule has 0 atom stereocenters. The van der Waals surface area contributed by atoms with E-state index in [1.54, 1.807) is 6.07 Å².